The molecular formula is C26H21NO5. The third-order valence-corrected chi connectivity index (χ3v) is 7.45. The summed E-state index contributed by atoms with van der Waals surface area (Å²) in [6.07, 6.45) is 5.41. The molecule has 3 fully saturated rings. The van der Waals surface area contributed by atoms with Gasteiger partial charge in [0, 0.05) is 5.56 Å². The van der Waals surface area contributed by atoms with Gasteiger partial charge in [-0.15, -0.1) is 0 Å². The Kier molecular flexibility index (Phi) is 4.18. The first-order chi connectivity index (χ1) is 15.5. The monoisotopic (exact) mass is 427 g/mol. The van der Waals surface area contributed by atoms with Gasteiger partial charge in [-0.25, -0.2) is 4.79 Å². The predicted molar refractivity (Wildman–Crippen MR) is 115 cm³/mol. The maximum absolute atomic E-state index is 13.2. The minimum atomic E-state index is -0.629. The number of rotatable bonds is 5. The molecule has 0 radical (unpaired) electrons. The molecule has 0 N–H and O–H groups in total. The Morgan fingerprint density at radius 1 is 0.812 bits per heavy atom. The fraction of sp³-hybridized carbons (Fsp3) is 0.308. The molecule has 6 atom stereocenters. The molecule has 6 heteroatoms. The summed E-state index contributed by atoms with van der Waals surface area (Å²) in [5.41, 5.74) is 1.21. The van der Waals surface area contributed by atoms with Gasteiger partial charge in [-0.3, -0.25) is 19.3 Å². The van der Waals surface area contributed by atoms with Crippen LogP contribution in [-0.4, -0.2) is 30.2 Å². The summed E-state index contributed by atoms with van der Waals surface area (Å²) in [4.78, 5) is 52.1. The van der Waals surface area contributed by atoms with Crippen molar-refractivity contribution in [1.29, 1.82) is 0 Å². The minimum Gasteiger partial charge on any atom is -0.454 e. The van der Waals surface area contributed by atoms with Crippen molar-refractivity contribution in [2.45, 2.75) is 6.42 Å². The van der Waals surface area contributed by atoms with Crippen molar-refractivity contribution in [2.24, 2.45) is 35.5 Å². The number of esters is 1. The zero-order chi connectivity index (χ0) is 22.0. The number of nitrogens with zero attached hydrogens (tertiary/aromatic N) is 1. The summed E-state index contributed by atoms with van der Waals surface area (Å²) in [6, 6.07) is 14.9. The zero-order valence-electron chi connectivity index (χ0n) is 17.2. The number of carbonyl (C=O) groups is 4. The first-order valence-corrected chi connectivity index (χ1v) is 11.0. The van der Waals surface area contributed by atoms with E-state index in [1.54, 1.807) is 42.5 Å². The normalized spacial score (nSPS) is 31.3. The molecule has 7 rings (SSSR count). The Hall–Kier alpha value is -3.54. The fourth-order valence-electron chi connectivity index (χ4n) is 5.88. The van der Waals surface area contributed by atoms with Crippen LogP contribution in [0.25, 0.3) is 0 Å². The Labute approximate surface area is 184 Å². The van der Waals surface area contributed by atoms with Gasteiger partial charge in [0.15, 0.2) is 12.4 Å². The molecule has 2 amide bonds. The van der Waals surface area contributed by atoms with Gasteiger partial charge in [0.05, 0.1) is 23.1 Å². The summed E-state index contributed by atoms with van der Waals surface area (Å²) in [7, 11) is 0. The lowest BCUT2D eigenvalue weighted by Crippen LogP contribution is -2.40. The Morgan fingerprint density at radius 3 is 2.00 bits per heavy atom. The maximum atomic E-state index is 13.2. The van der Waals surface area contributed by atoms with Crippen molar-refractivity contribution in [3.8, 4) is 0 Å². The first kappa shape index (κ1) is 19.2. The lowest BCUT2D eigenvalue weighted by molar-refractivity contribution is -0.124. The summed E-state index contributed by atoms with van der Waals surface area (Å²) < 4.78 is 5.14. The minimum absolute atomic E-state index is 0.131. The summed E-state index contributed by atoms with van der Waals surface area (Å²) >= 11 is 0. The van der Waals surface area contributed by atoms with Crippen molar-refractivity contribution in [3.05, 3.63) is 77.9 Å². The van der Waals surface area contributed by atoms with E-state index in [1.165, 1.54) is 17.0 Å². The van der Waals surface area contributed by atoms with Crippen molar-refractivity contribution in [1.82, 2.24) is 0 Å². The molecule has 1 heterocycles. The highest BCUT2D eigenvalue weighted by Crippen LogP contribution is 2.65. The van der Waals surface area contributed by atoms with Crippen LogP contribution >= 0.6 is 0 Å². The smallest absolute Gasteiger partial charge is 0.338 e. The van der Waals surface area contributed by atoms with E-state index in [1.807, 2.05) is 0 Å². The quantitative estimate of drug-likeness (QED) is 0.317. The van der Waals surface area contributed by atoms with Gasteiger partial charge in [-0.1, -0.05) is 42.5 Å². The molecule has 1 aliphatic heterocycles. The van der Waals surface area contributed by atoms with E-state index in [2.05, 4.69) is 12.2 Å². The third kappa shape index (κ3) is 2.79. The van der Waals surface area contributed by atoms with Crippen LogP contribution in [0.1, 0.15) is 27.1 Å². The number of ether oxygens (including phenoxy) is 1. The molecule has 32 heavy (non-hydrogen) atoms. The number of amides is 2. The highest BCUT2D eigenvalue weighted by molar-refractivity contribution is 6.22. The van der Waals surface area contributed by atoms with Gasteiger partial charge in [-0.05, 0) is 54.4 Å². The lowest BCUT2D eigenvalue weighted by Gasteiger charge is -2.37. The Morgan fingerprint density at radius 2 is 1.41 bits per heavy atom. The molecular weight excluding hydrogens is 406 g/mol. The summed E-state index contributed by atoms with van der Waals surface area (Å²) in [5, 5.41) is 0. The Bertz CT molecular complexity index is 1130. The number of carbonyl (C=O) groups excluding carboxylic acids is 4. The van der Waals surface area contributed by atoms with Crippen LogP contribution in [0.4, 0.5) is 5.69 Å². The molecule has 6 nitrogen and oxygen atoms in total. The molecule has 2 saturated carbocycles. The van der Waals surface area contributed by atoms with Crippen molar-refractivity contribution in [2.75, 3.05) is 11.5 Å². The summed E-state index contributed by atoms with van der Waals surface area (Å²) in [5.74, 6) is -0.228. The number of Topliss-reactive ketones (excluding diaryl/α,β-unsaturated/α-hetero) is 1. The van der Waals surface area contributed by atoms with Gasteiger partial charge >= 0.3 is 5.97 Å². The Balaban J connectivity index is 1.15. The largest absolute Gasteiger partial charge is 0.454 e. The lowest BCUT2D eigenvalue weighted by atomic mass is 9.63. The fourth-order valence-corrected chi connectivity index (χ4v) is 5.88. The van der Waals surface area contributed by atoms with E-state index in [-0.39, 0.29) is 53.4 Å². The predicted octanol–water partition coefficient (Wildman–Crippen LogP) is 3.28. The number of anilines is 1. The van der Waals surface area contributed by atoms with E-state index in [0.717, 1.165) is 6.42 Å². The summed E-state index contributed by atoms with van der Waals surface area (Å²) in [6.45, 7) is -0.352. The van der Waals surface area contributed by atoms with Crippen LogP contribution in [0.3, 0.4) is 0 Å². The topological polar surface area (TPSA) is 80.8 Å². The number of ketones is 1. The molecule has 2 aromatic carbocycles. The van der Waals surface area contributed by atoms with E-state index >= 15 is 0 Å². The number of benzene rings is 2. The molecule has 4 aliphatic carbocycles. The van der Waals surface area contributed by atoms with E-state index < -0.39 is 5.97 Å². The van der Waals surface area contributed by atoms with Crippen molar-refractivity contribution < 1.29 is 23.9 Å². The highest BCUT2D eigenvalue weighted by atomic mass is 16.5. The van der Waals surface area contributed by atoms with Crippen LogP contribution in [0, 0.1) is 35.5 Å². The number of hydrogen-bond acceptors (Lipinski definition) is 5. The van der Waals surface area contributed by atoms with E-state index in [0.29, 0.717) is 23.1 Å². The van der Waals surface area contributed by atoms with Gasteiger partial charge in [0.1, 0.15) is 0 Å². The molecule has 2 aromatic rings. The highest BCUT2D eigenvalue weighted by Gasteiger charge is 2.67. The van der Waals surface area contributed by atoms with Crippen molar-refractivity contribution in [3.63, 3.8) is 0 Å². The molecule has 0 spiro atoms. The standard InChI is InChI=1S/C26H21NO5/c28-21(14-4-2-1-3-5-14)13-32-26(31)15-6-8-16(9-7-15)27-24(29)22-17-10-11-18(20-12-19(17)20)23(22)25(27)30/h1-11,17-20,22-23H,12-13H2/t17-,18-,19-,20+,22-,23+/m0/s1. The molecule has 160 valence electrons. The second-order valence-corrected chi connectivity index (χ2v) is 9.08. The maximum Gasteiger partial charge on any atom is 0.338 e. The average molecular weight is 427 g/mol. The van der Waals surface area contributed by atoms with Gasteiger partial charge in [-0.2, -0.15) is 0 Å². The van der Waals surface area contributed by atoms with Crippen LogP contribution in [-0.2, 0) is 14.3 Å². The van der Waals surface area contributed by atoms with Gasteiger partial charge in [0.2, 0.25) is 11.8 Å². The molecule has 1 saturated heterocycles. The molecule has 0 aromatic heterocycles. The van der Waals surface area contributed by atoms with E-state index in [4.69, 9.17) is 4.74 Å². The zero-order valence-corrected chi connectivity index (χ0v) is 17.2. The van der Waals surface area contributed by atoms with Gasteiger partial charge < -0.3 is 4.74 Å². The molecule has 5 aliphatic rings. The van der Waals surface area contributed by atoms with Gasteiger partial charge in [0.25, 0.3) is 0 Å². The van der Waals surface area contributed by atoms with Crippen LogP contribution in [0.15, 0.2) is 66.7 Å². The second-order valence-electron chi connectivity index (χ2n) is 9.08. The number of allylic oxidation sites excluding steroid dienone is 2. The van der Waals surface area contributed by atoms with Crippen LogP contribution < -0.4 is 4.90 Å². The van der Waals surface area contributed by atoms with Crippen LogP contribution in [0.2, 0.25) is 0 Å². The first-order valence-electron chi connectivity index (χ1n) is 11.0. The molecule has 0 unspecified atom stereocenters. The SMILES string of the molecule is O=C(COC(=O)c1ccc(N2C(=O)[C@@H]3[C@H]4C=C[C@@H]([C@@H]5C[C@H]45)[C@@H]3C2=O)cc1)c1ccccc1. The van der Waals surface area contributed by atoms with E-state index in [9.17, 15) is 19.2 Å². The second kappa shape index (κ2) is 6.99. The average Bonchev–Trinajstić information content (AvgIpc) is 3.61. The number of hydrogen-bond donors (Lipinski definition) is 0. The van der Waals surface area contributed by atoms with Crippen LogP contribution in [0.5, 0.6) is 0 Å². The van der Waals surface area contributed by atoms with Crippen molar-refractivity contribution >= 4 is 29.3 Å². The molecule has 2 bridgehead atoms. The number of imide groups is 1. The third-order valence-electron chi connectivity index (χ3n) is 7.45.